The van der Waals surface area contributed by atoms with E-state index in [9.17, 15) is 4.79 Å². The Kier molecular flexibility index (Phi) is 5.72. The topological polar surface area (TPSA) is 68.2 Å². The molecule has 1 aliphatic heterocycles. The second kappa shape index (κ2) is 8.44. The van der Waals surface area contributed by atoms with E-state index >= 15 is 0 Å². The van der Waals surface area contributed by atoms with E-state index < -0.39 is 6.23 Å². The molecule has 154 valence electrons. The third kappa shape index (κ3) is 4.03. The summed E-state index contributed by atoms with van der Waals surface area (Å²) in [6.45, 7) is 7.86. The summed E-state index contributed by atoms with van der Waals surface area (Å²) >= 11 is 1.55. The van der Waals surface area contributed by atoms with Gasteiger partial charge < -0.3 is 4.74 Å². The van der Waals surface area contributed by atoms with Crippen LogP contribution in [0, 0.1) is 12.8 Å². The number of hydrogen-bond donors (Lipinski definition) is 0. The van der Waals surface area contributed by atoms with Gasteiger partial charge in [-0.2, -0.15) is 4.98 Å². The number of hydrogen-bond acceptors (Lipinski definition) is 6. The number of nitrogens with zero attached hydrogens (tertiary/aromatic N) is 4. The molecule has 0 spiro atoms. The van der Waals surface area contributed by atoms with Crippen LogP contribution in [0.3, 0.4) is 0 Å². The zero-order valence-corrected chi connectivity index (χ0v) is 18.3. The van der Waals surface area contributed by atoms with Gasteiger partial charge in [-0.15, -0.1) is 10.2 Å². The average molecular weight is 421 g/mol. The minimum Gasteiger partial charge on any atom is -0.447 e. The molecule has 0 unspecified atom stereocenters. The van der Waals surface area contributed by atoms with Crippen molar-refractivity contribution >= 4 is 23.4 Å². The monoisotopic (exact) mass is 420 g/mol. The van der Waals surface area contributed by atoms with Crippen LogP contribution in [0.1, 0.15) is 38.1 Å². The minimum absolute atomic E-state index is 0.121. The molecule has 0 N–H and O–H groups in total. The summed E-state index contributed by atoms with van der Waals surface area (Å²) in [5.74, 6) is 1.66. The molecular weight excluding hydrogens is 396 g/mol. The van der Waals surface area contributed by atoms with Crippen LogP contribution in [0.25, 0.3) is 11.3 Å². The molecule has 0 aliphatic carbocycles. The number of carbonyl (C=O) groups excluding carboxylic acids is 1. The zero-order chi connectivity index (χ0) is 21.3. The summed E-state index contributed by atoms with van der Waals surface area (Å²) < 4.78 is 6.38. The Bertz CT molecular complexity index is 1090. The first-order valence-electron chi connectivity index (χ1n) is 9.94. The largest absolute Gasteiger partial charge is 0.447 e. The maximum atomic E-state index is 12.8. The fourth-order valence-corrected chi connectivity index (χ4v) is 4.12. The SMILES string of the molecule is CC(=O)N1c2ccccc2-c2nnc(SCC(C)C)nc2O[C@H]1c1cccc(C)c1. The number of benzene rings is 2. The second-order valence-corrected chi connectivity index (χ2v) is 8.73. The minimum atomic E-state index is -0.649. The third-order valence-electron chi connectivity index (χ3n) is 4.72. The standard InChI is InChI=1S/C23H24N4O2S/c1-14(2)13-30-23-24-21-20(25-26-23)18-10-5-6-11-19(18)27(16(4)28)22(29-21)17-9-7-8-15(3)12-17/h5-12,14,22H,13H2,1-4H3/t22-/m0/s1. The lowest BCUT2D eigenvalue weighted by Crippen LogP contribution is -2.36. The average Bonchev–Trinajstić information content (AvgIpc) is 2.86. The third-order valence-corrected chi connectivity index (χ3v) is 5.99. The maximum absolute atomic E-state index is 12.8. The van der Waals surface area contributed by atoms with E-state index in [1.165, 1.54) is 0 Å². The highest BCUT2D eigenvalue weighted by Crippen LogP contribution is 2.43. The number of carbonyl (C=O) groups is 1. The molecule has 1 aliphatic rings. The van der Waals surface area contributed by atoms with Gasteiger partial charge in [0.25, 0.3) is 0 Å². The van der Waals surface area contributed by atoms with Crippen LogP contribution in [-0.2, 0) is 4.79 Å². The highest BCUT2D eigenvalue weighted by molar-refractivity contribution is 7.99. The molecule has 0 saturated heterocycles. The quantitative estimate of drug-likeness (QED) is 0.551. The number of amides is 1. The molecule has 0 fully saturated rings. The molecule has 3 aromatic rings. The second-order valence-electron chi connectivity index (χ2n) is 7.74. The summed E-state index contributed by atoms with van der Waals surface area (Å²) in [5.41, 5.74) is 4.02. The van der Waals surface area contributed by atoms with Crippen LogP contribution in [0.2, 0.25) is 0 Å². The number of thioether (sulfide) groups is 1. The number of para-hydroxylation sites is 1. The van der Waals surface area contributed by atoms with Crippen molar-refractivity contribution in [3.63, 3.8) is 0 Å². The van der Waals surface area contributed by atoms with Gasteiger partial charge in [0.2, 0.25) is 23.2 Å². The predicted molar refractivity (Wildman–Crippen MR) is 119 cm³/mol. The summed E-state index contributed by atoms with van der Waals surface area (Å²) in [6.07, 6.45) is -0.649. The predicted octanol–water partition coefficient (Wildman–Crippen LogP) is 5.04. The van der Waals surface area contributed by atoms with Crippen LogP contribution in [0.4, 0.5) is 5.69 Å². The Morgan fingerprint density at radius 2 is 1.97 bits per heavy atom. The zero-order valence-electron chi connectivity index (χ0n) is 17.5. The fraction of sp³-hybridized carbons (Fsp3) is 0.304. The number of ether oxygens (including phenoxy) is 1. The van der Waals surface area contributed by atoms with Gasteiger partial charge in [-0.05, 0) is 18.9 Å². The van der Waals surface area contributed by atoms with Gasteiger partial charge in [-0.3, -0.25) is 9.69 Å². The van der Waals surface area contributed by atoms with Gasteiger partial charge in [0.15, 0.2) is 5.69 Å². The van der Waals surface area contributed by atoms with Gasteiger partial charge in [-0.1, -0.05) is 73.6 Å². The first-order chi connectivity index (χ1) is 14.4. The highest BCUT2D eigenvalue weighted by Gasteiger charge is 2.34. The summed E-state index contributed by atoms with van der Waals surface area (Å²) in [7, 11) is 0. The number of fused-ring (bicyclic) bond motifs is 3. The maximum Gasteiger partial charge on any atom is 0.247 e. The first-order valence-corrected chi connectivity index (χ1v) is 10.9. The fourth-order valence-electron chi connectivity index (χ4n) is 3.40. The van der Waals surface area contributed by atoms with Crippen molar-refractivity contribution in [2.75, 3.05) is 10.7 Å². The molecular formula is C23H24N4O2S. The molecule has 0 radical (unpaired) electrons. The molecule has 1 amide bonds. The van der Waals surface area contributed by atoms with Crippen molar-refractivity contribution in [2.24, 2.45) is 5.92 Å². The molecule has 0 bridgehead atoms. The van der Waals surface area contributed by atoms with Crippen LogP contribution < -0.4 is 9.64 Å². The number of rotatable bonds is 4. The lowest BCUT2D eigenvalue weighted by Gasteiger charge is -2.30. The normalized spacial score (nSPS) is 15.2. The molecule has 2 heterocycles. The summed E-state index contributed by atoms with van der Waals surface area (Å²) in [4.78, 5) is 19.1. The van der Waals surface area contributed by atoms with Gasteiger partial charge >= 0.3 is 0 Å². The lowest BCUT2D eigenvalue weighted by atomic mass is 10.1. The molecule has 1 aromatic heterocycles. The molecule has 1 atom stereocenters. The van der Waals surface area contributed by atoms with E-state index in [1.54, 1.807) is 23.6 Å². The van der Waals surface area contributed by atoms with Crippen LogP contribution in [0.5, 0.6) is 5.88 Å². The van der Waals surface area contributed by atoms with Crippen molar-refractivity contribution in [3.05, 3.63) is 59.7 Å². The van der Waals surface area contributed by atoms with Crippen molar-refractivity contribution in [2.45, 2.75) is 39.1 Å². The van der Waals surface area contributed by atoms with Crippen LogP contribution in [0.15, 0.2) is 53.7 Å². The summed E-state index contributed by atoms with van der Waals surface area (Å²) in [5, 5.41) is 9.32. The van der Waals surface area contributed by atoms with E-state index in [2.05, 4.69) is 29.0 Å². The van der Waals surface area contributed by atoms with Crippen molar-refractivity contribution in [1.29, 1.82) is 0 Å². The number of anilines is 1. The molecule has 6 nitrogen and oxygen atoms in total. The Morgan fingerprint density at radius 1 is 1.17 bits per heavy atom. The van der Waals surface area contributed by atoms with E-state index in [-0.39, 0.29) is 5.91 Å². The Morgan fingerprint density at radius 3 is 2.70 bits per heavy atom. The van der Waals surface area contributed by atoms with Crippen molar-refractivity contribution in [3.8, 4) is 17.1 Å². The smallest absolute Gasteiger partial charge is 0.247 e. The van der Waals surface area contributed by atoms with E-state index in [4.69, 9.17) is 4.74 Å². The van der Waals surface area contributed by atoms with Gasteiger partial charge in [0.05, 0.1) is 5.69 Å². The van der Waals surface area contributed by atoms with E-state index in [0.29, 0.717) is 22.6 Å². The Hall–Kier alpha value is -2.93. The molecule has 2 aromatic carbocycles. The molecule has 0 saturated carbocycles. The summed E-state index contributed by atoms with van der Waals surface area (Å²) in [6, 6.07) is 15.6. The van der Waals surface area contributed by atoms with Crippen LogP contribution in [-0.4, -0.2) is 26.8 Å². The van der Waals surface area contributed by atoms with Crippen LogP contribution >= 0.6 is 11.8 Å². The molecule has 4 rings (SSSR count). The van der Waals surface area contributed by atoms with Crippen molar-refractivity contribution in [1.82, 2.24) is 15.2 Å². The highest BCUT2D eigenvalue weighted by atomic mass is 32.2. The van der Waals surface area contributed by atoms with E-state index in [0.717, 1.165) is 28.1 Å². The number of aryl methyl sites for hydroxylation is 1. The Balaban J connectivity index is 1.88. The van der Waals surface area contributed by atoms with Crippen molar-refractivity contribution < 1.29 is 9.53 Å². The van der Waals surface area contributed by atoms with E-state index in [1.807, 2.05) is 55.5 Å². The Labute approximate surface area is 180 Å². The van der Waals surface area contributed by atoms with Gasteiger partial charge in [0, 0.05) is 23.8 Å². The van der Waals surface area contributed by atoms with Gasteiger partial charge in [0.1, 0.15) is 0 Å². The lowest BCUT2D eigenvalue weighted by molar-refractivity contribution is -0.118. The molecule has 30 heavy (non-hydrogen) atoms. The first kappa shape index (κ1) is 20.3. The number of aromatic nitrogens is 3. The van der Waals surface area contributed by atoms with Gasteiger partial charge in [-0.25, -0.2) is 0 Å². The molecule has 7 heteroatoms.